The summed E-state index contributed by atoms with van der Waals surface area (Å²) in [6, 6.07) is 17.8. The normalized spacial score (nSPS) is 24.4. The van der Waals surface area contributed by atoms with Crippen LogP contribution in [0.1, 0.15) is 17.2 Å². The van der Waals surface area contributed by atoms with E-state index in [-0.39, 0.29) is 31.1 Å². The zero-order valence-corrected chi connectivity index (χ0v) is 15.2. The van der Waals surface area contributed by atoms with Gasteiger partial charge in [0.2, 0.25) is 5.91 Å². The second kappa shape index (κ2) is 7.68. The quantitative estimate of drug-likeness (QED) is 0.574. The molecule has 2 fully saturated rings. The van der Waals surface area contributed by atoms with E-state index in [1.165, 1.54) is 9.80 Å². The first-order chi connectivity index (χ1) is 13.7. The van der Waals surface area contributed by atoms with Crippen LogP contribution in [0.2, 0.25) is 0 Å². The van der Waals surface area contributed by atoms with Crippen LogP contribution in [0.25, 0.3) is 6.08 Å². The van der Waals surface area contributed by atoms with Crippen LogP contribution in [0.5, 0.6) is 0 Å². The van der Waals surface area contributed by atoms with Crippen LogP contribution in [0.3, 0.4) is 0 Å². The van der Waals surface area contributed by atoms with Crippen LogP contribution in [0, 0.1) is 0 Å². The maximum atomic E-state index is 12.8. The van der Waals surface area contributed by atoms with Crippen molar-refractivity contribution in [1.29, 1.82) is 0 Å². The van der Waals surface area contributed by atoms with Crippen molar-refractivity contribution in [3.8, 4) is 0 Å². The maximum absolute atomic E-state index is 12.8. The fraction of sp³-hybridized carbons (Fsp3) is 0.227. The van der Waals surface area contributed by atoms with Gasteiger partial charge in [-0.25, -0.2) is 4.79 Å². The number of β-lactam (4-membered cyclic amide) rings is 1. The first kappa shape index (κ1) is 18.0. The summed E-state index contributed by atoms with van der Waals surface area (Å²) < 4.78 is 5.27. The Morgan fingerprint density at radius 1 is 1.00 bits per heavy atom. The molecule has 2 aliphatic rings. The van der Waals surface area contributed by atoms with Gasteiger partial charge in [-0.05, 0) is 11.1 Å². The highest BCUT2D eigenvalue weighted by atomic mass is 16.6. The Morgan fingerprint density at radius 2 is 1.68 bits per heavy atom. The SMILES string of the molecule is O=CCN1C(=O)[C@@H](N2C(=O)OCC2c2ccccc2)[C@H]1/C=C/c1ccccc1. The summed E-state index contributed by atoms with van der Waals surface area (Å²) in [5.74, 6) is -0.241. The molecule has 4 rings (SSSR count). The Bertz CT molecular complexity index is 897. The van der Waals surface area contributed by atoms with Gasteiger partial charge in [-0.1, -0.05) is 72.8 Å². The number of carbonyl (C=O) groups is 3. The van der Waals surface area contributed by atoms with E-state index in [0.29, 0.717) is 6.29 Å². The average Bonchev–Trinajstić information content (AvgIpc) is 3.11. The number of rotatable bonds is 6. The lowest BCUT2D eigenvalue weighted by Crippen LogP contribution is -2.70. The molecule has 0 aliphatic carbocycles. The van der Waals surface area contributed by atoms with Crippen molar-refractivity contribution in [2.24, 2.45) is 0 Å². The van der Waals surface area contributed by atoms with E-state index in [1.54, 1.807) is 0 Å². The molecule has 0 saturated carbocycles. The number of amides is 2. The van der Waals surface area contributed by atoms with Crippen LogP contribution in [-0.2, 0) is 14.3 Å². The van der Waals surface area contributed by atoms with E-state index in [9.17, 15) is 14.4 Å². The number of benzene rings is 2. The Kier molecular flexibility index (Phi) is 4.93. The van der Waals surface area contributed by atoms with Crippen molar-refractivity contribution >= 4 is 24.4 Å². The Balaban J connectivity index is 1.63. The topological polar surface area (TPSA) is 66.9 Å². The molecule has 142 valence electrons. The predicted molar refractivity (Wildman–Crippen MR) is 103 cm³/mol. The number of ether oxygens (including phenoxy) is 1. The lowest BCUT2D eigenvalue weighted by atomic mass is 9.90. The van der Waals surface area contributed by atoms with Crippen LogP contribution >= 0.6 is 0 Å². The van der Waals surface area contributed by atoms with E-state index in [1.807, 2.05) is 72.8 Å². The summed E-state index contributed by atoms with van der Waals surface area (Å²) in [5, 5.41) is 0. The average molecular weight is 376 g/mol. The third-order valence-corrected chi connectivity index (χ3v) is 5.17. The van der Waals surface area contributed by atoms with Crippen molar-refractivity contribution in [2.45, 2.75) is 18.1 Å². The van der Waals surface area contributed by atoms with E-state index in [2.05, 4.69) is 0 Å². The van der Waals surface area contributed by atoms with Gasteiger partial charge in [0, 0.05) is 0 Å². The highest BCUT2D eigenvalue weighted by molar-refractivity contribution is 5.95. The number of cyclic esters (lactones) is 1. The molecule has 1 unspecified atom stereocenters. The van der Waals surface area contributed by atoms with Crippen molar-refractivity contribution in [3.05, 3.63) is 77.9 Å². The van der Waals surface area contributed by atoms with E-state index in [0.717, 1.165) is 11.1 Å². The molecule has 2 aliphatic heterocycles. The third kappa shape index (κ3) is 3.17. The molecule has 2 amide bonds. The Hall–Kier alpha value is -3.41. The summed E-state index contributed by atoms with van der Waals surface area (Å²) in [7, 11) is 0. The second-order valence-corrected chi connectivity index (χ2v) is 6.77. The van der Waals surface area contributed by atoms with Crippen LogP contribution in [-0.4, -0.2) is 53.3 Å². The van der Waals surface area contributed by atoms with E-state index < -0.39 is 12.1 Å². The molecule has 3 atom stereocenters. The van der Waals surface area contributed by atoms with Gasteiger partial charge in [-0.15, -0.1) is 0 Å². The smallest absolute Gasteiger partial charge is 0.411 e. The van der Waals surface area contributed by atoms with Gasteiger partial charge in [0.15, 0.2) is 0 Å². The number of carbonyl (C=O) groups excluding carboxylic acids is 3. The van der Waals surface area contributed by atoms with Crippen LogP contribution in [0.4, 0.5) is 4.79 Å². The summed E-state index contributed by atoms with van der Waals surface area (Å²) >= 11 is 0. The van der Waals surface area contributed by atoms with Gasteiger partial charge < -0.3 is 14.4 Å². The molecular formula is C22H20N2O4. The minimum Gasteiger partial charge on any atom is -0.447 e. The summed E-state index contributed by atoms with van der Waals surface area (Å²) in [6.07, 6.45) is 3.98. The van der Waals surface area contributed by atoms with Crippen LogP contribution < -0.4 is 0 Å². The zero-order chi connectivity index (χ0) is 19.5. The van der Waals surface area contributed by atoms with Gasteiger partial charge in [0.1, 0.15) is 18.9 Å². The summed E-state index contributed by atoms with van der Waals surface area (Å²) in [4.78, 5) is 39.2. The molecule has 6 nitrogen and oxygen atoms in total. The van der Waals surface area contributed by atoms with E-state index in [4.69, 9.17) is 4.74 Å². The summed E-state index contributed by atoms with van der Waals surface area (Å²) in [5.41, 5.74) is 1.90. The van der Waals surface area contributed by atoms with Gasteiger partial charge in [0.25, 0.3) is 0 Å². The van der Waals surface area contributed by atoms with Crippen molar-refractivity contribution in [1.82, 2.24) is 9.80 Å². The number of aldehydes is 1. The van der Waals surface area contributed by atoms with Crippen molar-refractivity contribution in [2.75, 3.05) is 13.2 Å². The monoisotopic (exact) mass is 376 g/mol. The first-order valence-electron chi connectivity index (χ1n) is 9.18. The zero-order valence-electron chi connectivity index (χ0n) is 15.2. The predicted octanol–water partition coefficient (Wildman–Crippen LogP) is 2.67. The number of hydrogen-bond donors (Lipinski definition) is 0. The molecule has 6 heteroatoms. The van der Waals surface area contributed by atoms with Crippen molar-refractivity contribution < 1.29 is 19.1 Å². The minimum absolute atomic E-state index is 0.00196. The van der Waals surface area contributed by atoms with Gasteiger partial charge in [-0.3, -0.25) is 9.69 Å². The maximum Gasteiger partial charge on any atom is 0.411 e. The molecule has 0 spiro atoms. The molecule has 2 aromatic rings. The minimum atomic E-state index is -0.680. The largest absolute Gasteiger partial charge is 0.447 e. The number of likely N-dealkylation sites (tertiary alicyclic amines) is 1. The van der Waals surface area contributed by atoms with Crippen molar-refractivity contribution in [3.63, 3.8) is 0 Å². The second-order valence-electron chi connectivity index (χ2n) is 6.77. The fourth-order valence-electron chi connectivity index (χ4n) is 3.78. The third-order valence-electron chi connectivity index (χ3n) is 5.17. The fourth-order valence-corrected chi connectivity index (χ4v) is 3.78. The molecule has 2 aromatic carbocycles. The molecule has 0 N–H and O–H groups in total. The molecule has 0 bridgehead atoms. The van der Waals surface area contributed by atoms with Gasteiger partial charge in [0.05, 0.1) is 18.6 Å². The molecule has 28 heavy (non-hydrogen) atoms. The molecule has 2 heterocycles. The lowest BCUT2D eigenvalue weighted by molar-refractivity contribution is -0.155. The van der Waals surface area contributed by atoms with Gasteiger partial charge >= 0.3 is 6.09 Å². The lowest BCUT2D eigenvalue weighted by Gasteiger charge is -2.49. The van der Waals surface area contributed by atoms with E-state index >= 15 is 0 Å². The number of nitrogens with zero attached hydrogens (tertiary/aromatic N) is 2. The Labute approximate surface area is 163 Å². The standard InChI is InChI=1S/C22H20N2O4/c25-14-13-23-18(12-11-16-7-3-1-4-8-16)20(21(23)26)24-19(15-28-22(24)27)17-9-5-2-6-10-17/h1-12,14,18-20H,13,15H2/b12-11+/t18-,19?,20+/m1/s1. The van der Waals surface area contributed by atoms with Crippen LogP contribution in [0.15, 0.2) is 66.7 Å². The van der Waals surface area contributed by atoms with Gasteiger partial charge in [-0.2, -0.15) is 0 Å². The molecule has 2 saturated heterocycles. The Morgan fingerprint density at radius 3 is 2.36 bits per heavy atom. The first-order valence-corrected chi connectivity index (χ1v) is 9.18. The highest BCUT2D eigenvalue weighted by Crippen LogP contribution is 2.36. The molecule has 0 aromatic heterocycles. The number of hydrogen-bond acceptors (Lipinski definition) is 4. The highest BCUT2D eigenvalue weighted by Gasteiger charge is 2.54. The summed E-state index contributed by atoms with van der Waals surface area (Å²) in [6.45, 7) is 0.202. The molecule has 0 radical (unpaired) electrons. The molecular weight excluding hydrogens is 356 g/mol.